The van der Waals surface area contributed by atoms with Gasteiger partial charge < -0.3 is 9.84 Å². The summed E-state index contributed by atoms with van der Waals surface area (Å²) in [6.45, 7) is 9.58. The summed E-state index contributed by atoms with van der Waals surface area (Å²) in [7, 11) is 0. The van der Waals surface area contributed by atoms with E-state index in [9.17, 15) is 5.11 Å². The third-order valence-corrected chi connectivity index (χ3v) is 2.57. The van der Waals surface area contributed by atoms with Crippen LogP contribution < -0.4 is 0 Å². The van der Waals surface area contributed by atoms with Gasteiger partial charge in [0, 0.05) is 0 Å². The van der Waals surface area contributed by atoms with Crippen LogP contribution in [0, 0.1) is 11.8 Å². The molecular formula is C13H22O2. The van der Waals surface area contributed by atoms with E-state index in [1.807, 2.05) is 6.92 Å². The van der Waals surface area contributed by atoms with Crippen LogP contribution in [0.3, 0.4) is 0 Å². The SMILES string of the molecule is CC(C)(O)C#C[C@@]1(C)CCCC(C)(C)O1. The molecule has 1 atom stereocenters. The second-order valence-electron chi connectivity index (χ2n) is 5.76. The first-order valence-corrected chi connectivity index (χ1v) is 5.59. The minimum Gasteiger partial charge on any atom is -0.378 e. The molecule has 0 bridgehead atoms. The Labute approximate surface area is 93.0 Å². The van der Waals surface area contributed by atoms with Crippen LogP contribution in [0.1, 0.15) is 53.9 Å². The van der Waals surface area contributed by atoms with Crippen molar-refractivity contribution in [1.82, 2.24) is 0 Å². The maximum atomic E-state index is 9.56. The fourth-order valence-corrected chi connectivity index (χ4v) is 1.94. The molecule has 1 N–H and O–H groups in total. The maximum absolute atomic E-state index is 9.56. The molecule has 0 saturated carbocycles. The molecule has 2 heteroatoms. The zero-order valence-electron chi connectivity index (χ0n) is 10.5. The Hall–Kier alpha value is -0.520. The van der Waals surface area contributed by atoms with E-state index in [0.717, 1.165) is 19.3 Å². The summed E-state index contributed by atoms with van der Waals surface area (Å²) < 4.78 is 5.97. The van der Waals surface area contributed by atoms with E-state index >= 15 is 0 Å². The van der Waals surface area contributed by atoms with Gasteiger partial charge in [-0.15, -0.1) is 0 Å². The zero-order valence-corrected chi connectivity index (χ0v) is 10.5. The lowest BCUT2D eigenvalue weighted by molar-refractivity contribution is -0.135. The van der Waals surface area contributed by atoms with Gasteiger partial charge in [-0.3, -0.25) is 0 Å². The van der Waals surface area contributed by atoms with Gasteiger partial charge in [0.2, 0.25) is 0 Å². The van der Waals surface area contributed by atoms with Crippen molar-refractivity contribution in [3.63, 3.8) is 0 Å². The average molecular weight is 210 g/mol. The lowest BCUT2D eigenvalue weighted by Crippen LogP contribution is -2.42. The molecule has 2 nitrogen and oxygen atoms in total. The van der Waals surface area contributed by atoms with E-state index < -0.39 is 11.2 Å². The van der Waals surface area contributed by atoms with Gasteiger partial charge in [-0.25, -0.2) is 0 Å². The third-order valence-electron chi connectivity index (χ3n) is 2.57. The second kappa shape index (κ2) is 3.81. The van der Waals surface area contributed by atoms with Crippen LogP contribution in [0.2, 0.25) is 0 Å². The molecule has 1 fully saturated rings. The van der Waals surface area contributed by atoms with E-state index in [2.05, 4.69) is 25.7 Å². The van der Waals surface area contributed by atoms with Gasteiger partial charge in [0.25, 0.3) is 0 Å². The van der Waals surface area contributed by atoms with Gasteiger partial charge >= 0.3 is 0 Å². The Balaban J connectivity index is 2.78. The smallest absolute Gasteiger partial charge is 0.126 e. The van der Waals surface area contributed by atoms with E-state index in [0.29, 0.717) is 0 Å². The first kappa shape index (κ1) is 12.5. The monoisotopic (exact) mass is 210 g/mol. The topological polar surface area (TPSA) is 29.5 Å². The van der Waals surface area contributed by atoms with Crippen molar-refractivity contribution in [2.24, 2.45) is 0 Å². The Morgan fingerprint density at radius 1 is 1.20 bits per heavy atom. The minimum absolute atomic E-state index is 0.0960. The zero-order chi connectivity index (χ0) is 11.7. The number of aliphatic hydroxyl groups is 1. The van der Waals surface area contributed by atoms with Gasteiger partial charge in [0.15, 0.2) is 0 Å². The summed E-state index contributed by atoms with van der Waals surface area (Å²) in [6, 6.07) is 0. The van der Waals surface area contributed by atoms with Crippen LogP contribution in [-0.4, -0.2) is 21.9 Å². The van der Waals surface area contributed by atoms with E-state index in [1.165, 1.54) is 0 Å². The molecule has 1 aliphatic rings. The predicted molar refractivity (Wildman–Crippen MR) is 61.5 cm³/mol. The molecular weight excluding hydrogens is 188 g/mol. The summed E-state index contributed by atoms with van der Waals surface area (Å²) in [5.41, 5.74) is -1.43. The van der Waals surface area contributed by atoms with Gasteiger partial charge in [-0.05, 0) is 53.9 Å². The van der Waals surface area contributed by atoms with Crippen LogP contribution in [0.25, 0.3) is 0 Å². The standard InChI is InChI=1S/C13H22O2/c1-11(2,14)9-10-13(5)8-6-7-12(3,4)15-13/h14H,6-8H2,1-5H3/t13-/m1/s1. The number of hydrogen-bond donors (Lipinski definition) is 1. The van der Waals surface area contributed by atoms with E-state index in [4.69, 9.17) is 4.74 Å². The lowest BCUT2D eigenvalue weighted by atomic mass is 9.88. The first-order chi connectivity index (χ1) is 6.62. The second-order valence-corrected chi connectivity index (χ2v) is 5.76. The van der Waals surface area contributed by atoms with Crippen molar-refractivity contribution in [3.8, 4) is 11.8 Å². The Morgan fingerprint density at radius 2 is 1.80 bits per heavy atom. The van der Waals surface area contributed by atoms with Crippen molar-refractivity contribution in [3.05, 3.63) is 0 Å². The number of ether oxygens (including phenoxy) is 1. The van der Waals surface area contributed by atoms with Gasteiger partial charge in [0.1, 0.15) is 11.2 Å². The molecule has 0 aliphatic carbocycles. The molecule has 0 aromatic rings. The molecule has 0 aromatic carbocycles. The highest BCUT2D eigenvalue weighted by Crippen LogP contribution is 2.34. The quantitative estimate of drug-likeness (QED) is 0.622. The molecule has 0 spiro atoms. The van der Waals surface area contributed by atoms with Gasteiger partial charge in [-0.1, -0.05) is 11.8 Å². The van der Waals surface area contributed by atoms with Crippen LogP contribution in [-0.2, 0) is 4.74 Å². The van der Waals surface area contributed by atoms with Crippen molar-refractivity contribution in [1.29, 1.82) is 0 Å². The van der Waals surface area contributed by atoms with Gasteiger partial charge in [-0.2, -0.15) is 0 Å². The van der Waals surface area contributed by atoms with Crippen LogP contribution >= 0.6 is 0 Å². The average Bonchev–Trinajstić information content (AvgIpc) is 1.97. The molecule has 0 amide bonds. The highest BCUT2D eigenvalue weighted by atomic mass is 16.5. The normalized spacial score (nSPS) is 30.5. The molecule has 86 valence electrons. The fraction of sp³-hybridized carbons (Fsp3) is 0.846. The summed E-state index contributed by atoms with van der Waals surface area (Å²) in [6.07, 6.45) is 3.15. The third kappa shape index (κ3) is 4.24. The van der Waals surface area contributed by atoms with Gasteiger partial charge in [0.05, 0.1) is 5.60 Å². The molecule has 0 unspecified atom stereocenters. The molecule has 1 aliphatic heterocycles. The van der Waals surface area contributed by atoms with E-state index in [1.54, 1.807) is 13.8 Å². The molecule has 0 aromatic heterocycles. The summed E-state index contributed by atoms with van der Waals surface area (Å²) in [5, 5.41) is 9.56. The summed E-state index contributed by atoms with van der Waals surface area (Å²) >= 11 is 0. The summed E-state index contributed by atoms with van der Waals surface area (Å²) in [5.74, 6) is 5.92. The summed E-state index contributed by atoms with van der Waals surface area (Å²) in [4.78, 5) is 0. The van der Waals surface area contributed by atoms with Crippen LogP contribution in [0.5, 0.6) is 0 Å². The van der Waals surface area contributed by atoms with Crippen molar-refractivity contribution in [2.75, 3.05) is 0 Å². The molecule has 1 rings (SSSR count). The van der Waals surface area contributed by atoms with Crippen molar-refractivity contribution >= 4 is 0 Å². The maximum Gasteiger partial charge on any atom is 0.126 e. The number of rotatable bonds is 0. The van der Waals surface area contributed by atoms with Crippen molar-refractivity contribution < 1.29 is 9.84 Å². The fourth-order valence-electron chi connectivity index (χ4n) is 1.94. The highest BCUT2D eigenvalue weighted by Gasteiger charge is 2.36. The highest BCUT2D eigenvalue weighted by molar-refractivity contribution is 5.19. The number of hydrogen-bond acceptors (Lipinski definition) is 2. The first-order valence-electron chi connectivity index (χ1n) is 5.59. The molecule has 1 heterocycles. The van der Waals surface area contributed by atoms with Crippen molar-refractivity contribution in [2.45, 2.75) is 70.7 Å². The minimum atomic E-state index is -0.937. The Kier molecular flexibility index (Phi) is 3.19. The molecule has 0 radical (unpaired) electrons. The Bertz CT molecular complexity index is 288. The van der Waals surface area contributed by atoms with E-state index in [-0.39, 0.29) is 5.60 Å². The molecule has 15 heavy (non-hydrogen) atoms. The Morgan fingerprint density at radius 3 is 2.27 bits per heavy atom. The molecule has 1 saturated heterocycles. The lowest BCUT2D eigenvalue weighted by Gasteiger charge is -2.40. The largest absolute Gasteiger partial charge is 0.378 e. The van der Waals surface area contributed by atoms with Crippen LogP contribution in [0.15, 0.2) is 0 Å². The van der Waals surface area contributed by atoms with Crippen LogP contribution in [0.4, 0.5) is 0 Å². The predicted octanol–water partition coefficient (Wildman–Crippen LogP) is 2.50.